The van der Waals surface area contributed by atoms with Crippen LogP contribution in [0.1, 0.15) is 21.5 Å². The van der Waals surface area contributed by atoms with E-state index < -0.39 is 0 Å². The van der Waals surface area contributed by atoms with Gasteiger partial charge in [-0.1, -0.05) is 47.6 Å². The molecule has 0 fully saturated rings. The van der Waals surface area contributed by atoms with Crippen molar-refractivity contribution in [2.45, 2.75) is 13.8 Å². The van der Waals surface area contributed by atoms with Crippen molar-refractivity contribution >= 4 is 22.5 Å². The average molecular weight is 342 g/mol. The molecule has 4 aromatic rings. The second kappa shape index (κ2) is 6.48. The van der Waals surface area contributed by atoms with Gasteiger partial charge in [0.25, 0.3) is 5.91 Å². The van der Waals surface area contributed by atoms with Crippen LogP contribution < -0.4 is 5.32 Å². The fourth-order valence-corrected chi connectivity index (χ4v) is 2.95. The third kappa shape index (κ3) is 2.97. The number of benzene rings is 3. The van der Waals surface area contributed by atoms with Crippen molar-refractivity contribution in [3.05, 3.63) is 83.4 Å². The van der Waals surface area contributed by atoms with Crippen molar-refractivity contribution < 1.29 is 9.32 Å². The first-order valence-corrected chi connectivity index (χ1v) is 8.45. The van der Waals surface area contributed by atoms with Crippen LogP contribution in [-0.4, -0.2) is 11.1 Å². The van der Waals surface area contributed by atoms with Gasteiger partial charge in [-0.2, -0.15) is 0 Å². The van der Waals surface area contributed by atoms with Gasteiger partial charge in [-0.05, 0) is 49.2 Å². The highest BCUT2D eigenvalue weighted by molar-refractivity contribution is 6.07. The van der Waals surface area contributed by atoms with Crippen molar-refractivity contribution in [2.75, 3.05) is 5.32 Å². The lowest BCUT2D eigenvalue weighted by molar-refractivity contribution is 0.102. The van der Waals surface area contributed by atoms with E-state index in [4.69, 9.17) is 4.52 Å². The van der Waals surface area contributed by atoms with Gasteiger partial charge >= 0.3 is 0 Å². The van der Waals surface area contributed by atoms with E-state index in [0.717, 1.165) is 33.3 Å². The first kappa shape index (κ1) is 16.1. The number of carbonyl (C=O) groups is 1. The number of hydrogen-bond acceptors (Lipinski definition) is 3. The molecular weight excluding hydrogens is 324 g/mol. The summed E-state index contributed by atoms with van der Waals surface area (Å²) >= 11 is 0. The van der Waals surface area contributed by atoms with Gasteiger partial charge in [0, 0.05) is 16.8 Å². The first-order chi connectivity index (χ1) is 12.6. The number of amides is 1. The summed E-state index contributed by atoms with van der Waals surface area (Å²) in [7, 11) is 0. The van der Waals surface area contributed by atoms with E-state index in [0.29, 0.717) is 11.3 Å². The third-order valence-corrected chi connectivity index (χ3v) is 4.42. The van der Waals surface area contributed by atoms with Crippen molar-refractivity contribution in [2.24, 2.45) is 0 Å². The van der Waals surface area contributed by atoms with Gasteiger partial charge in [0.2, 0.25) is 0 Å². The van der Waals surface area contributed by atoms with Crippen molar-refractivity contribution in [3.63, 3.8) is 0 Å². The smallest absolute Gasteiger partial charge is 0.255 e. The summed E-state index contributed by atoms with van der Waals surface area (Å²) in [5, 5.41) is 7.92. The Balaban J connectivity index is 1.71. The van der Waals surface area contributed by atoms with Crippen LogP contribution in [0.25, 0.3) is 22.2 Å². The molecule has 0 bridgehead atoms. The largest absolute Gasteiger partial charge is 0.355 e. The monoisotopic (exact) mass is 342 g/mol. The minimum Gasteiger partial charge on any atom is -0.355 e. The first-order valence-electron chi connectivity index (χ1n) is 8.45. The number of rotatable bonds is 3. The molecule has 0 radical (unpaired) electrons. The van der Waals surface area contributed by atoms with Crippen LogP contribution in [-0.2, 0) is 0 Å². The van der Waals surface area contributed by atoms with E-state index in [1.807, 2.05) is 74.5 Å². The van der Waals surface area contributed by atoms with Gasteiger partial charge in [-0.25, -0.2) is 0 Å². The highest BCUT2D eigenvalue weighted by atomic mass is 16.5. The van der Waals surface area contributed by atoms with Crippen molar-refractivity contribution in [1.29, 1.82) is 0 Å². The molecule has 0 aliphatic rings. The highest BCUT2D eigenvalue weighted by Crippen LogP contribution is 2.29. The van der Waals surface area contributed by atoms with E-state index >= 15 is 0 Å². The Morgan fingerprint density at radius 2 is 1.77 bits per heavy atom. The molecule has 1 heterocycles. The van der Waals surface area contributed by atoms with Gasteiger partial charge in [0.1, 0.15) is 5.52 Å². The molecule has 4 heteroatoms. The lowest BCUT2D eigenvalue weighted by atomic mass is 10.1. The maximum atomic E-state index is 12.7. The molecule has 4 nitrogen and oxygen atoms in total. The molecule has 1 aromatic heterocycles. The SMILES string of the molecule is Cc1ccc(C)c(NC(=O)c2ccc3noc(-c4ccccc4)c3c2)c1. The van der Waals surface area contributed by atoms with Crippen LogP contribution in [0.4, 0.5) is 5.69 Å². The highest BCUT2D eigenvalue weighted by Gasteiger charge is 2.14. The summed E-state index contributed by atoms with van der Waals surface area (Å²) in [6, 6.07) is 21.2. The number of anilines is 1. The summed E-state index contributed by atoms with van der Waals surface area (Å²) in [6.45, 7) is 3.98. The lowest BCUT2D eigenvalue weighted by Crippen LogP contribution is -2.12. The Bertz CT molecular complexity index is 1100. The molecule has 26 heavy (non-hydrogen) atoms. The molecular formula is C22H18N2O2. The summed E-state index contributed by atoms with van der Waals surface area (Å²) < 4.78 is 5.51. The third-order valence-electron chi connectivity index (χ3n) is 4.42. The minimum atomic E-state index is -0.152. The van der Waals surface area contributed by atoms with Gasteiger partial charge in [-0.15, -0.1) is 0 Å². The van der Waals surface area contributed by atoms with Gasteiger partial charge in [0.05, 0.1) is 5.39 Å². The average Bonchev–Trinajstić information content (AvgIpc) is 3.08. The topological polar surface area (TPSA) is 55.1 Å². The van der Waals surface area contributed by atoms with Gasteiger partial charge in [0.15, 0.2) is 5.76 Å². The number of nitrogens with zero attached hydrogens (tertiary/aromatic N) is 1. The number of fused-ring (bicyclic) bond motifs is 1. The van der Waals surface area contributed by atoms with Crippen LogP contribution in [0.5, 0.6) is 0 Å². The molecule has 1 N–H and O–H groups in total. The Morgan fingerprint density at radius 3 is 2.58 bits per heavy atom. The molecule has 4 rings (SSSR count). The molecule has 1 amide bonds. The quantitative estimate of drug-likeness (QED) is 0.545. The van der Waals surface area contributed by atoms with E-state index in [1.165, 1.54) is 0 Å². The Hall–Kier alpha value is -3.40. The summed E-state index contributed by atoms with van der Waals surface area (Å²) in [4.78, 5) is 12.7. The van der Waals surface area contributed by atoms with E-state index in [2.05, 4.69) is 10.5 Å². The molecule has 0 saturated heterocycles. The molecule has 0 saturated carbocycles. The van der Waals surface area contributed by atoms with Gasteiger partial charge in [-0.3, -0.25) is 4.79 Å². The van der Waals surface area contributed by atoms with Crippen LogP contribution in [0.3, 0.4) is 0 Å². The zero-order chi connectivity index (χ0) is 18.1. The molecule has 0 aliphatic heterocycles. The van der Waals surface area contributed by atoms with Crippen LogP contribution in [0.2, 0.25) is 0 Å². The van der Waals surface area contributed by atoms with Crippen LogP contribution >= 0.6 is 0 Å². The molecule has 128 valence electrons. The van der Waals surface area contributed by atoms with E-state index in [1.54, 1.807) is 6.07 Å². The normalized spacial score (nSPS) is 10.8. The molecule has 3 aromatic carbocycles. The molecule has 0 atom stereocenters. The molecule has 0 unspecified atom stereocenters. The molecule has 0 aliphatic carbocycles. The van der Waals surface area contributed by atoms with E-state index in [-0.39, 0.29) is 5.91 Å². The Labute approximate surface area is 151 Å². The second-order valence-corrected chi connectivity index (χ2v) is 6.38. The number of carbonyl (C=O) groups excluding carboxylic acids is 1. The van der Waals surface area contributed by atoms with Crippen molar-refractivity contribution in [1.82, 2.24) is 5.16 Å². The Morgan fingerprint density at radius 1 is 0.962 bits per heavy atom. The fraction of sp³-hybridized carbons (Fsp3) is 0.0909. The minimum absolute atomic E-state index is 0.152. The summed E-state index contributed by atoms with van der Waals surface area (Å²) in [5.41, 5.74) is 5.18. The van der Waals surface area contributed by atoms with Crippen LogP contribution in [0, 0.1) is 13.8 Å². The van der Waals surface area contributed by atoms with Crippen molar-refractivity contribution in [3.8, 4) is 11.3 Å². The summed E-state index contributed by atoms with van der Waals surface area (Å²) in [5.74, 6) is 0.516. The maximum absolute atomic E-state index is 12.7. The van der Waals surface area contributed by atoms with Gasteiger partial charge < -0.3 is 9.84 Å². The second-order valence-electron chi connectivity index (χ2n) is 6.38. The summed E-state index contributed by atoms with van der Waals surface area (Å²) in [6.07, 6.45) is 0. The number of aryl methyl sites for hydroxylation is 2. The standard InChI is InChI=1S/C22H18N2O2/c1-14-8-9-15(2)20(12-14)23-22(25)17-10-11-19-18(13-17)21(26-24-19)16-6-4-3-5-7-16/h3-13H,1-2H3,(H,23,25). The lowest BCUT2D eigenvalue weighted by Gasteiger charge is -2.09. The Kier molecular flexibility index (Phi) is 4.01. The maximum Gasteiger partial charge on any atom is 0.255 e. The number of hydrogen-bond donors (Lipinski definition) is 1. The predicted octanol–water partition coefficient (Wildman–Crippen LogP) is 5.36. The number of aromatic nitrogens is 1. The molecule has 0 spiro atoms. The number of nitrogens with one attached hydrogen (secondary N) is 1. The zero-order valence-corrected chi connectivity index (χ0v) is 14.6. The van der Waals surface area contributed by atoms with E-state index in [9.17, 15) is 4.79 Å². The fourth-order valence-electron chi connectivity index (χ4n) is 2.95. The zero-order valence-electron chi connectivity index (χ0n) is 14.6. The predicted molar refractivity (Wildman–Crippen MR) is 103 cm³/mol. The van der Waals surface area contributed by atoms with Crippen LogP contribution in [0.15, 0.2) is 71.3 Å².